The summed E-state index contributed by atoms with van der Waals surface area (Å²) in [6, 6.07) is 9.89. The fourth-order valence-electron chi connectivity index (χ4n) is 1.59. The number of hydrogen-bond acceptors (Lipinski definition) is 5. The molecular formula is C20H24O5. The molecule has 2 rings (SSSR count). The lowest BCUT2D eigenvalue weighted by atomic mass is 10.1. The molecule has 0 spiro atoms. The first-order chi connectivity index (χ1) is 11.9. The third-order valence-electron chi connectivity index (χ3n) is 3.10. The zero-order valence-electron chi connectivity index (χ0n) is 14.7. The van der Waals surface area contributed by atoms with E-state index in [-0.39, 0.29) is 18.0 Å². The number of methoxy groups -OCH3 is 1. The molecule has 0 aromatic heterocycles. The molecule has 0 bridgehead atoms. The molecule has 0 radical (unpaired) electrons. The van der Waals surface area contributed by atoms with E-state index in [2.05, 4.69) is 17.9 Å². The molecule has 1 saturated heterocycles. The summed E-state index contributed by atoms with van der Waals surface area (Å²) in [6.45, 7) is 9.77. The molecular weight excluding hydrogens is 320 g/mol. The van der Waals surface area contributed by atoms with E-state index in [0.29, 0.717) is 30.8 Å². The summed E-state index contributed by atoms with van der Waals surface area (Å²) in [5.41, 5.74) is 2.00. The molecule has 1 aromatic carbocycles. The van der Waals surface area contributed by atoms with E-state index in [1.165, 1.54) is 7.11 Å². The number of epoxide rings is 1. The van der Waals surface area contributed by atoms with Crippen LogP contribution in [0.15, 0.2) is 60.7 Å². The van der Waals surface area contributed by atoms with E-state index in [9.17, 15) is 9.59 Å². The molecule has 25 heavy (non-hydrogen) atoms. The van der Waals surface area contributed by atoms with Gasteiger partial charge in [0.25, 0.3) is 0 Å². The van der Waals surface area contributed by atoms with Crippen LogP contribution < -0.4 is 0 Å². The van der Waals surface area contributed by atoms with E-state index in [1.54, 1.807) is 6.92 Å². The van der Waals surface area contributed by atoms with Gasteiger partial charge in [0, 0.05) is 11.1 Å². The van der Waals surface area contributed by atoms with Gasteiger partial charge in [-0.05, 0) is 18.9 Å². The minimum atomic E-state index is -0.354. The van der Waals surface area contributed by atoms with Crippen molar-refractivity contribution in [1.82, 2.24) is 0 Å². The van der Waals surface area contributed by atoms with Gasteiger partial charge in [-0.1, -0.05) is 55.6 Å². The highest BCUT2D eigenvalue weighted by atomic mass is 16.6. The Hall–Kier alpha value is -2.66. The number of carbonyl (C=O) groups excluding carboxylic acids is 2. The Morgan fingerprint density at radius 2 is 1.88 bits per heavy atom. The van der Waals surface area contributed by atoms with Crippen molar-refractivity contribution in [2.24, 2.45) is 0 Å². The van der Waals surface area contributed by atoms with Gasteiger partial charge >= 0.3 is 11.9 Å². The van der Waals surface area contributed by atoms with Crippen LogP contribution in [0.5, 0.6) is 0 Å². The molecule has 1 unspecified atom stereocenters. The van der Waals surface area contributed by atoms with Crippen molar-refractivity contribution in [3.05, 3.63) is 66.3 Å². The van der Waals surface area contributed by atoms with Gasteiger partial charge in [0.15, 0.2) is 0 Å². The van der Waals surface area contributed by atoms with E-state index in [1.807, 2.05) is 42.5 Å². The minimum absolute atomic E-state index is 0.142. The molecule has 5 heteroatoms. The Morgan fingerprint density at radius 3 is 2.40 bits per heavy atom. The Labute approximate surface area is 148 Å². The molecule has 0 saturated carbocycles. The SMILES string of the molecule is C=C(C)C(=O)OCC1CO1.C=C(CC=Cc1ccccc1)C(=O)OC. The van der Waals surface area contributed by atoms with Crippen molar-refractivity contribution in [2.45, 2.75) is 19.4 Å². The maximum Gasteiger partial charge on any atom is 0.333 e. The van der Waals surface area contributed by atoms with E-state index < -0.39 is 0 Å². The molecule has 0 N–H and O–H groups in total. The predicted octanol–water partition coefficient (Wildman–Crippen LogP) is 3.32. The number of esters is 2. The first-order valence-corrected chi connectivity index (χ1v) is 7.86. The highest BCUT2D eigenvalue weighted by Gasteiger charge is 2.24. The summed E-state index contributed by atoms with van der Waals surface area (Å²) in [4.78, 5) is 21.7. The number of hydrogen-bond donors (Lipinski definition) is 0. The van der Waals surface area contributed by atoms with Crippen LogP contribution in [0.4, 0.5) is 0 Å². The summed E-state index contributed by atoms with van der Waals surface area (Å²) in [6.07, 6.45) is 4.51. The van der Waals surface area contributed by atoms with Gasteiger partial charge in [0.05, 0.1) is 13.7 Å². The molecule has 0 amide bonds. The van der Waals surface area contributed by atoms with Crippen LogP contribution in [0, 0.1) is 0 Å². The lowest BCUT2D eigenvalue weighted by Gasteiger charge is -1.99. The van der Waals surface area contributed by atoms with E-state index >= 15 is 0 Å². The van der Waals surface area contributed by atoms with Crippen molar-refractivity contribution in [1.29, 1.82) is 0 Å². The Morgan fingerprint density at radius 1 is 1.24 bits per heavy atom. The molecule has 0 aliphatic carbocycles. The maximum atomic E-state index is 11.0. The molecule has 5 nitrogen and oxygen atoms in total. The second-order valence-electron chi connectivity index (χ2n) is 5.45. The van der Waals surface area contributed by atoms with Crippen molar-refractivity contribution < 1.29 is 23.8 Å². The topological polar surface area (TPSA) is 65.1 Å². The first-order valence-electron chi connectivity index (χ1n) is 7.86. The molecule has 1 aliphatic heterocycles. The average molecular weight is 344 g/mol. The summed E-state index contributed by atoms with van der Waals surface area (Å²) in [7, 11) is 1.36. The summed E-state index contributed by atoms with van der Waals surface area (Å²) in [5, 5.41) is 0. The minimum Gasteiger partial charge on any atom is -0.466 e. The van der Waals surface area contributed by atoms with Gasteiger partial charge in [-0.3, -0.25) is 0 Å². The first kappa shape index (κ1) is 20.4. The van der Waals surface area contributed by atoms with E-state index in [0.717, 1.165) is 5.56 Å². The van der Waals surface area contributed by atoms with Crippen molar-refractivity contribution in [3.63, 3.8) is 0 Å². The van der Waals surface area contributed by atoms with Gasteiger partial charge < -0.3 is 14.2 Å². The fourth-order valence-corrected chi connectivity index (χ4v) is 1.59. The quantitative estimate of drug-likeness (QED) is 0.431. The summed E-state index contributed by atoms with van der Waals surface area (Å²) >= 11 is 0. The number of ether oxygens (including phenoxy) is 3. The van der Waals surface area contributed by atoms with Gasteiger partial charge in [0.2, 0.25) is 0 Å². The van der Waals surface area contributed by atoms with E-state index in [4.69, 9.17) is 9.47 Å². The third-order valence-corrected chi connectivity index (χ3v) is 3.10. The number of allylic oxidation sites excluding steroid dienone is 1. The number of benzene rings is 1. The fraction of sp³-hybridized carbons (Fsp3) is 0.300. The average Bonchev–Trinajstić information content (AvgIpc) is 3.44. The second kappa shape index (κ2) is 11.0. The maximum absolute atomic E-state index is 11.0. The highest BCUT2D eigenvalue weighted by Crippen LogP contribution is 2.09. The van der Waals surface area contributed by atoms with Crippen molar-refractivity contribution >= 4 is 18.0 Å². The predicted molar refractivity (Wildman–Crippen MR) is 96.8 cm³/mol. The molecule has 1 fully saturated rings. The largest absolute Gasteiger partial charge is 0.466 e. The van der Waals surface area contributed by atoms with Crippen molar-refractivity contribution in [3.8, 4) is 0 Å². The van der Waals surface area contributed by atoms with Crippen LogP contribution in [-0.4, -0.2) is 38.4 Å². The van der Waals surface area contributed by atoms with Gasteiger partial charge in [-0.2, -0.15) is 0 Å². The second-order valence-corrected chi connectivity index (χ2v) is 5.45. The molecule has 1 aliphatic rings. The summed E-state index contributed by atoms with van der Waals surface area (Å²) in [5.74, 6) is -0.691. The Bertz CT molecular complexity index is 627. The Kier molecular flexibility index (Phi) is 8.96. The van der Waals surface area contributed by atoms with Gasteiger partial charge in [0.1, 0.15) is 12.7 Å². The Balaban J connectivity index is 0.000000271. The molecule has 1 heterocycles. The monoisotopic (exact) mass is 344 g/mol. The number of rotatable bonds is 7. The zero-order valence-corrected chi connectivity index (χ0v) is 14.7. The molecule has 1 atom stereocenters. The van der Waals surface area contributed by atoms with Crippen LogP contribution in [-0.2, 0) is 23.8 Å². The lowest BCUT2D eigenvalue weighted by molar-refractivity contribution is -0.139. The molecule has 1 aromatic rings. The van der Waals surface area contributed by atoms with Crippen LogP contribution >= 0.6 is 0 Å². The van der Waals surface area contributed by atoms with Crippen molar-refractivity contribution in [2.75, 3.05) is 20.3 Å². The van der Waals surface area contributed by atoms with Gasteiger partial charge in [-0.25, -0.2) is 9.59 Å². The molecule has 134 valence electrons. The van der Waals surface area contributed by atoms with Crippen LogP contribution in [0.2, 0.25) is 0 Å². The zero-order chi connectivity index (χ0) is 18.7. The number of carbonyl (C=O) groups is 2. The highest BCUT2D eigenvalue weighted by molar-refractivity contribution is 5.88. The normalized spacial score (nSPS) is 14.9. The standard InChI is InChI=1S/C13H14O2.C7H10O3/c1-11(13(14)15-2)7-6-10-12-8-4-3-5-9-12;1-5(2)7(8)10-4-6-3-9-6/h3-6,8-10H,1,7H2,2H3;6H,1,3-4H2,2H3. The van der Waals surface area contributed by atoms with Gasteiger partial charge in [-0.15, -0.1) is 0 Å². The van der Waals surface area contributed by atoms with Crippen LogP contribution in [0.25, 0.3) is 6.08 Å². The van der Waals surface area contributed by atoms with Crippen LogP contribution in [0.3, 0.4) is 0 Å². The summed E-state index contributed by atoms with van der Waals surface area (Å²) < 4.78 is 14.1. The smallest absolute Gasteiger partial charge is 0.333 e. The lowest BCUT2D eigenvalue weighted by Crippen LogP contribution is -2.09. The van der Waals surface area contributed by atoms with Crippen LogP contribution in [0.1, 0.15) is 18.9 Å². The third kappa shape index (κ3) is 9.27.